The zero-order valence-electron chi connectivity index (χ0n) is 12.2. The number of methoxy groups -OCH3 is 1. The molecule has 1 saturated heterocycles. The summed E-state index contributed by atoms with van der Waals surface area (Å²) in [5.74, 6) is -0.0667. The van der Waals surface area contributed by atoms with Gasteiger partial charge >= 0.3 is 7.12 Å². The molecule has 1 fully saturated rings. The predicted molar refractivity (Wildman–Crippen MR) is 71.2 cm³/mol. The van der Waals surface area contributed by atoms with E-state index in [1.54, 1.807) is 13.0 Å². The number of hydrogen-bond donors (Lipinski definition) is 0. The minimum absolute atomic E-state index is 0.265. The molecule has 6 heteroatoms. The van der Waals surface area contributed by atoms with Crippen LogP contribution in [0, 0.1) is 12.9 Å². The Morgan fingerprint density at radius 3 is 2.21 bits per heavy atom. The molecule has 0 amide bonds. The molecule has 2 heterocycles. The summed E-state index contributed by atoms with van der Waals surface area (Å²) in [6.07, 6.45) is 0. The molecule has 0 saturated carbocycles. The molecule has 0 atom stereocenters. The Balaban J connectivity index is 2.39. The van der Waals surface area contributed by atoms with Gasteiger partial charge in [-0.25, -0.2) is 4.98 Å². The lowest BCUT2D eigenvalue weighted by atomic mass is 9.79. The molecule has 1 aromatic rings. The minimum Gasteiger partial charge on any atom is -0.495 e. The molecule has 0 aliphatic carbocycles. The molecule has 0 N–H and O–H groups in total. The van der Waals surface area contributed by atoms with Crippen molar-refractivity contribution in [3.63, 3.8) is 0 Å². The second-order valence-corrected chi connectivity index (χ2v) is 5.74. The smallest absolute Gasteiger partial charge is 0.495 e. The molecule has 0 spiro atoms. The summed E-state index contributed by atoms with van der Waals surface area (Å²) in [6, 6.07) is 1.58. The zero-order valence-corrected chi connectivity index (χ0v) is 12.2. The molecule has 1 aliphatic heterocycles. The van der Waals surface area contributed by atoms with Crippen LogP contribution in [-0.2, 0) is 9.31 Å². The minimum atomic E-state index is -0.771. The molecule has 0 radical (unpaired) electrons. The maximum atomic E-state index is 14.0. The van der Waals surface area contributed by atoms with Gasteiger partial charge < -0.3 is 14.0 Å². The number of halogens is 1. The highest BCUT2D eigenvalue weighted by Crippen LogP contribution is 2.36. The Bertz CT molecular complexity index is 489. The third-order valence-electron chi connectivity index (χ3n) is 3.87. The van der Waals surface area contributed by atoms with Gasteiger partial charge in [0.15, 0.2) is 0 Å². The van der Waals surface area contributed by atoms with E-state index in [9.17, 15) is 4.39 Å². The van der Waals surface area contributed by atoms with Crippen LogP contribution in [0.1, 0.15) is 33.4 Å². The predicted octanol–water partition coefficient (Wildman–Crippen LogP) is 1.84. The average molecular weight is 267 g/mol. The maximum Gasteiger partial charge on any atom is 0.499 e. The fraction of sp³-hybridized carbons (Fsp3) is 0.615. The van der Waals surface area contributed by atoms with Crippen molar-refractivity contribution >= 4 is 12.6 Å². The van der Waals surface area contributed by atoms with Gasteiger partial charge in [0.25, 0.3) is 0 Å². The first kappa shape index (κ1) is 14.3. The van der Waals surface area contributed by atoms with E-state index < -0.39 is 24.3 Å². The topological polar surface area (TPSA) is 40.6 Å². The molecular weight excluding hydrogens is 248 g/mol. The van der Waals surface area contributed by atoms with Crippen LogP contribution in [0.4, 0.5) is 4.39 Å². The quantitative estimate of drug-likeness (QED) is 0.605. The number of rotatable bonds is 2. The molecule has 4 nitrogen and oxygen atoms in total. The van der Waals surface area contributed by atoms with Crippen LogP contribution < -0.4 is 10.2 Å². The third kappa shape index (κ3) is 2.34. The summed E-state index contributed by atoms with van der Waals surface area (Å²) in [6.45, 7) is 9.37. The van der Waals surface area contributed by atoms with Crippen molar-refractivity contribution in [2.45, 2.75) is 45.8 Å². The van der Waals surface area contributed by atoms with Gasteiger partial charge in [0, 0.05) is 5.46 Å². The summed E-state index contributed by atoms with van der Waals surface area (Å²) in [5.41, 5.74) is -0.258. The van der Waals surface area contributed by atoms with Crippen LogP contribution in [0.3, 0.4) is 0 Å². The number of ether oxygens (including phenoxy) is 1. The van der Waals surface area contributed by atoms with E-state index in [4.69, 9.17) is 14.0 Å². The van der Waals surface area contributed by atoms with Crippen molar-refractivity contribution < 1.29 is 18.4 Å². The second kappa shape index (κ2) is 4.46. The molecule has 19 heavy (non-hydrogen) atoms. The summed E-state index contributed by atoms with van der Waals surface area (Å²) in [4.78, 5) is 3.83. The van der Waals surface area contributed by atoms with Gasteiger partial charge in [0.1, 0.15) is 5.75 Å². The Hall–Kier alpha value is -1.14. The largest absolute Gasteiger partial charge is 0.499 e. The lowest BCUT2D eigenvalue weighted by molar-refractivity contribution is 0.00578. The highest BCUT2D eigenvalue weighted by Gasteiger charge is 2.52. The number of nitrogens with zero attached hydrogens (tertiary/aromatic N) is 1. The van der Waals surface area contributed by atoms with Crippen LogP contribution in [0.15, 0.2) is 6.07 Å². The normalized spacial score (nSPS) is 20.7. The lowest BCUT2D eigenvalue weighted by Gasteiger charge is -2.32. The van der Waals surface area contributed by atoms with Crippen LogP contribution in [-0.4, -0.2) is 30.4 Å². The third-order valence-corrected chi connectivity index (χ3v) is 3.87. The highest BCUT2D eigenvalue weighted by atomic mass is 19.1. The molecule has 0 aromatic carbocycles. The van der Waals surface area contributed by atoms with E-state index in [2.05, 4.69) is 4.98 Å². The Kier molecular flexibility index (Phi) is 3.35. The highest BCUT2D eigenvalue weighted by molar-refractivity contribution is 6.62. The Morgan fingerprint density at radius 2 is 1.74 bits per heavy atom. The van der Waals surface area contributed by atoms with Crippen molar-refractivity contribution in [2.75, 3.05) is 7.11 Å². The average Bonchev–Trinajstić information content (AvgIpc) is 2.48. The first-order valence-electron chi connectivity index (χ1n) is 6.24. The molecule has 2 rings (SSSR count). The van der Waals surface area contributed by atoms with E-state index in [0.717, 1.165) is 0 Å². The van der Waals surface area contributed by atoms with E-state index >= 15 is 0 Å². The van der Waals surface area contributed by atoms with Crippen molar-refractivity contribution in [3.05, 3.63) is 17.7 Å². The van der Waals surface area contributed by atoms with Gasteiger partial charge in [-0.15, -0.1) is 0 Å². The van der Waals surface area contributed by atoms with Crippen LogP contribution in [0.25, 0.3) is 0 Å². The van der Waals surface area contributed by atoms with Crippen LogP contribution in [0.2, 0.25) is 0 Å². The summed E-state index contributed by atoms with van der Waals surface area (Å²) >= 11 is 0. The zero-order chi connectivity index (χ0) is 14.4. The fourth-order valence-corrected chi connectivity index (χ4v) is 1.91. The van der Waals surface area contributed by atoms with E-state index in [1.165, 1.54) is 7.11 Å². The lowest BCUT2D eigenvalue weighted by Crippen LogP contribution is -2.41. The van der Waals surface area contributed by atoms with Gasteiger partial charge in [0.05, 0.1) is 24.0 Å². The van der Waals surface area contributed by atoms with Gasteiger partial charge in [-0.2, -0.15) is 4.39 Å². The molecule has 1 aromatic heterocycles. The van der Waals surface area contributed by atoms with Crippen molar-refractivity contribution in [3.8, 4) is 5.75 Å². The van der Waals surface area contributed by atoms with Gasteiger partial charge in [-0.05, 0) is 40.7 Å². The SMILES string of the molecule is COc1cc(B2OC(C)(C)C(C)(C)O2)c(F)nc1C. The number of pyridine rings is 1. The maximum absolute atomic E-state index is 14.0. The first-order valence-corrected chi connectivity index (χ1v) is 6.24. The van der Waals surface area contributed by atoms with E-state index in [0.29, 0.717) is 11.4 Å². The molecule has 0 unspecified atom stereocenters. The summed E-state index contributed by atoms with van der Waals surface area (Å²) < 4.78 is 30.8. The standard InChI is InChI=1S/C13H19BFNO3/c1-8-10(17-6)7-9(11(15)16-8)14-18-12(2,3)13(4,5)19-14/h7H,1-6H3. The summed E-state index contributed by atoms with van der Waals surface area (Å²) in [5, 5.41) is 0. The van der Waals surface area contributed by atoms with Gasteiger partial charge in [-0.1, -0.05) is 0 Å². The van der Waals surface area contributed by atoms with Gasteiger partial charge in [-0.3, -0.25) is 0 Å². The van der Waals surface area contributed by atoms with Crippen molar-refractivity contribution in [1.29, 1.82) is 0 Å². The molecule has 104 valence electrons. The number of hydrogen-bond acceptors (Lipinski definition) is 4. The van der Waals surface area contributed by atoms with Crippen LogP contribution in [0.5, 0.6) is 5.75 Å². The van der Waals surface area contributed by atoms with Crippen molar-refractivity contribution in [2.24, 2.45) is 0 Å². The molecule has 1 aliphatic rings. The van der Waals surface area contributed by atoms with E-state index in [1.807, 2.05) is 27.7 Å². The number of aromatic nitrogens is 1. The Morgan fingerprint density at radius 1 is 1.21 bits per heavy atom. The van der Waals surface area contributed by atoms with Crippen molar-refractivity contribution in [1.82, 2.24) is 4.98 Å². The van der Waals surface area contributed by atoms with Gasteiger partial charge in [0.2, 0.25) is 5.95 Å². The second-order valence-electron chi connectivity index (χ2n) is 5.74. The first-order chi connectivity index (χ1) is 8.68. The molecule has 0 bridgehead atoms. The van der Waals surface area contributed by atoms with Crippen LogP contribution >= 0.6 is 0 Å². The Labute approximate surface area is 113 Å². The monoisotopic (exact) mass is 267 g/mol. The number of aryl methyl sites for hydroxylation is 1. The fourth-order valence-electron chi connectivity index (χ4n) is 1.91. The molecular formula is C13H19BFNO3. The summed E-state index contributed by atoms with van der Waals surface area (Å²) in [7, 11) is 0.752. The van der Waals surface area contributed by atoms with E-state index in [-0.39, 0.29) is 5.46 Å².